The maximum absolute atomic E-state index is 4.74. The van der Waals surface area contributed by atoms with E-state index < -0.39 is 0 Å². The highest BCUT2D eigenvalue weighted by atomic mass is 15.2. The van der Waals surface area contributed by atoms with Crippen molar-refractivity contribution in [1.82, 2.24) is 44.7 Å². The number of aromatic nitrogens is 9. The molecule has 0 saturated heterocycles. The van der Waals surface area contributed by atoms with Crippen molar-refractivity contribution in [2.45, 2.75) is 27.2 Å². The monoisotopic (exact) mass is 490 g/mol. The number of aromatic amines is 2. The van der Waals surface area contributed by atoms with E-state index in [1.165, 1.54) is 0 Å². The number of nitrogens with zero attached hydrogens (tertiary/aromatic N) is 7. The summed E-state index contributed by atoms with van der Waals surface area (Å²) in [6.07, 6.45) is 11.7. The van der Waals surface area contributed by atoms with E-state index in [-0.39, 0.29) is 0 Å². The summed E-state index contributed by atoms with van der Waals surface area (Å²) in [5.41, 5.74) is 8.27. The molecule has 6 aromatic heterocycles. The number of hydrogen-bond acceptors (Lipinski definition) is 7. The van der Waals surface area contributed by atoms with Crippen LogP contribution in [0.1, 0.15) is 26.0 Å². The fraction of sp³-hybridized carbons (Fsp3) is 0.185. The third kappa shape index (κ3) is 4.33. The van der Waals surface area contributed by atoms with Gasteiger partial charge in [0.25, 0.3) is 0 Å². The van der Waals surface area contributed by atoms with Crippen molar-refractivity contribution < 1.29 is 0 Å². The molecule has 0 saturated carbocycles. The molecule has 0 amide bonds. The average Bonchev–Trinajstić information content (AvgIpc) is 3.60. The molecular weight excluding hydrogens is 464 g/mol. The molecule has 0 aliphatic heterocycles. The molecule has 10 heteroatoms. The lowest BCUT2D eigenvalue weighted by molar-refractivity contribution is 0.645. The van der Waals surface area contributed by atoms with Crippen LogP contribution in [0.3, 0.4) is 0 Å². The van der Waals surface area contributed by atoms with Gasteiger partial charge < -0.3 is 14.9 Å². The zero-order valence-corrected chi connectivity index (χ0v) is 20.8. The van der Waals surface area contributed by atoms with Crippen LogP contribution in [0, 0.1) is 12.8 Å². The number of nitrogens with one attached hydrogen (secondary N) is 3. The van der Waals surface area contributed by atoms with Crippen LogP contribution >= 0.6 is 0 Å². The lowest BCUT2D eigenvalue weighted by Gasteiger charge is -2.12. The Morgan fingerprint density at radius 3 is 2.84 bits per heavy atom. The highest BCUT2D eigenvalue weighted by molar-refractivity contribution is 5.95. The number of rotatable bonds is 7. The number of anilines is 1. The van der Waals surface area contributed by atoms with Gasteiger partial charge in [0.15, 0.2) is 11.5 Å². The number of fused-ring (bicyclic) bond motifs is 2. The van der Waals surface area contributed by atoms with Gasteiger partial charge in [-0.15, -0.1) is 0 Å². The highest BCUT2D eigenvalue weighted by Gasteiger charge is 2.17. The number of aryl methyl sites for hydroxylation is 1. The summed E-state index contributed by atoms with van der Waals surface area (Å²) in [4.78, 5) is 26.0. The van der Waals surface area contributed by atoms with Crippen molar-refractivity contribution in [1.29, 1.82) is 0 Å². The molecule has 6 rings (SSSR count). The first kappa shape index (κ1) is 22.6. The number of H-pyrrole nitrogens is 2. The Kier molecular flexibility index (Phi) is 5.48. The largest absolute Gasteiger partial charge is 0.358 e. The predicted molar refractivity (Wildman–Crippen MR) is 144 cm³/mol. The van der Waals surface area contributed by atoms with E-state index in [0.29, 0.717) is 23.1 Å². The van der Waals surface area contributed by atoms with Crippen molar-refractivity contribution in [2.24, 2.45) is 5.92 Å². The summed E-state index contributed by atoms with van der Waals surface area (Å²) in [6, 6.07) is 5.95. The van der Waals surface area contributed by atoms with E-state index in [9.17, 15) is 0 Å². The molecule has 6 aromatic rings. The van der Waals surface area contributed by atoms with Gasteiger partial charge in [-0.1, -0.05) is 20.4 Å². The third-order valence-electron chi connectivity index (χ3n) is 6.04. The fourth-order valence-corrected chi connectivity index (χ4v) is 4.43. The first-order chi connectivity index (χ1) is 17.9. The molecule has 0 aliphatic rings. The zero-order valence-electron chi connectivity index (χ0n) is 20.8. The maximum Gasteiger partial charge on any atom is 0.180 e. The second-order valence-corrected chi connectivity index (χ2v) is 9.51. The quantitative estimate of drug-likeness (QED) is 0.273. The minimum absolute atomic E-state index is 0.522. The Bertz CT molecular complexity index is 1750. The van der Waals surface area contributed by atoms with Crippen LogP contribution in [0.5, 0.6) is 0 Å². The lowest BCUT2D eigenvalue weighted by atomic mass is 10.1. The maximum atomic E-state index is 4.74. The molecule has 10 nitrogen and oxygen atoms in total. The molecule has 184 valence electrons. The van der Waals surface area contributed by atoms with Crippen molar-refractivity contribution in [2.75, 3.05) is 5.32 Å². The molecule has 6 heterocycles. The van der Waals surface area contributed by atoms with Gasteiger partial charge in [-0.05, 0) is 37.5 Å². The van der Waals surface area contributed by atoms with Gasteiger partial charge in [-0.25, -0.2) is 15.0 Å². The van der Waals surface area contributed by atoms with Gasteiger partial charge in [0.1, 0.15) is 11.2 Å². The molecule has 0 fully saturated rings. The molecule has 0 radical (unpaired) electrons. The zero-order chi connectivity index (χ0) is 25.5. The van der Waals surface area contributed by atoms with Gasteiger partial charge in [0, 0.05) is 35.2 Å². The van der Waals surface area contributed by atoms with E-state index in [4.69, 9.17) is 4.98 Å². The normalized spacial score (nSPS) is 11.6. The van der Waals surface area contributed by atoms with Crippen molar-refractivity contribution in [3.8, 4) is 28.5 Å². The second kappa shape index (κ2) is 8.98. The number of allylic oxidation sites excluding steroid dienone is 1. The molecular formula is C27H26N10. The summed E-state index contributed by atoms with van der Waals surface area (Å²) in [6.45, 7) is 10.4. The average molecular weight is 491 g/mol. The molecule has 0 unspecified atom stereocenters. The van der Waals surface area contributed by atoms with Crippen molar-refractivity contribution in [3.05, 3.63) is 73.5 Å². The fourth-order valence-electron chi connectivity index (χ4n) is 4.43. The molecule has 0 aromatic carbocycles. The summed E-state index contributed by atoms with van der Waals surface area (Å²) in [5, 5.41) is 11.9. The van der Waals surface area contributed by atoms with Crippen LogP contribution in [0.15, 0.2) is 67.8 Å². The SMILES string of the molecule is C=C(CC(C)C)Nc1cncc(-c2cc3c(-c4nc5nccc(-n6cnc(C)c6)c5[nH]4)n[nH]c3cn2)c1. The van der Waals surface area contributed by atoms with E-state index in [2.05, 4.69) is 60.9 Å². The van der Waals surface area contributed by atoms with Crippen LogP contribution in [-0.2, 0) is 0 Å². The Morgan fingerprint density at radius 2 is 2.03 bits per heavy atom. The third-order valence-corrected chi connectivity index (χ3v) is 6.04. The van der Waals surface area contributed by atoms with Gasteiger partial charge in [0.05, 0.1) is 47.0 Å². The molecule has 37 heavy (non-hydrogen) atoms. The van der Waals surface area contributed by atoms with E-state index >= 15 is 0 Å². The Balaban J connectivity index is 1.38. The van der Waals surface area contributed by atoms with Crippen LogP contribution in [0.25, 0.3) is 50.5 Å². The van der Waals surface area contributed by atoms with Crippen molar-refractivity contribution >= 4 is 27.8 Å². The van der Waals surface area contributed by atoms with Crippen LogP contribution < -0.4 is 5.32 Å². The first-order valence-corrected chi connectivity index (χ1v) is 12.0. The Morgan fingerprint density at radius 1 is 1.14 bits per heavy atom. The van der Waals surface area contributed by atoms with Crippen LogP contribution in [0.2, 0.25) is 0 Å². The minimum atomic E-state index is 0.522. The summed E-state index contributed by atoms with van der Waals surface area (Å²) < 4.78 is 1.95. The van der Waals surface area contributed by atoms with Gasteiger partial charge in [-0.3, -0.25) is 15.1 Å². The van der Waals surface area contributed by atoms with Gasteiger partial charge in [0.2, 0.25) is 0 Å². The van der Waals surface area contributed by atoms with Gasteiger partial charge >= 0.3 is 0 Å². The van der Waals surface area contributed by atoms with Crippen LogP contribution in [-0.4, -0.2) is 44.7 Å². The molecule has 0 atom stereocenters. The molecule has 3 N–H and O–H groups in total. The Hall–Kier alpha value is -4.86. The molecule has 0 aliphatic carbocycles. The standard InChI is InChI=1S/C27H26N10/c1-15(2)7-16(3)32-19-8-18(10-28-11-19)21-9-20-22(12-30-21)35-36-24(20)27-33-25-23(5-6-29-26(25)34-27)37-13-17(4)31-14-37/h5-6,8-15,32H,3,7H2,1-2,4H3,(H,35,36)(H,29,33,34). The minimum Gasteiger partial charge on any atom is -0.358 e. The number of pyridine rings is 3. The van der Waals surface area contributed by atoms with Crippen molar-refractivity contribution in [3.63, 3.8) is 0 Å². The van der Waals surface area contributed by atoms with E-state index in [1.807, 2.05) is 35.9 Å². The van der Waals surface area contributed by atoms with Gasteiger partial charge in [-0.2, -0.15) is 5.10 Å². The second-order valence-electron chi connectivity index (χ2n) is 9.51. The Labute approximate surface area is 213 Å². The summed E-state index contributed by atoms with van der Waals surface area (Å²) >= 11 is 0. The summed E-state index contributed by atoms with van der Waals surface area (Å²) in [5.74, 6) is 1.14. The first-order valence-electron chi connectivity index (χ1n) is 12.0. The highest BCUT2D eigenvalue weighted by Crippen LogP contribution is 2.30. The van der Waals surface area contributed by atoms with Crippen LogP contribution in [0.4, 0.5) is 5.69 Å². The van der Waals surface area contributed by atoms with E-state index in [1.54, 1.807) is 31.1 Å². The molecule has 0 bridgehead atoms. The smallest absolute Gasteiger partial charge is 0.180 e. The summed E-state index contributed by atoms with van der Waals surface area (Å²) in [7, 11) is 0. The predicted octanol–water partition coefficient (Wildman–Crippen LogP) is 5.42. The molecule has 0 spiro atoms. The van der Waals surface area contributed by atoms with E-state index in [0.717, 1.165) is 56.9 Å². The lowest BCUT2D eigenvalue weighted by Crippen LogP contribution is -2.02. The topological polar surface area (TPSA) is 126 Å². The number of imidazole rings is 2. The number of hydrogen-bond donors (Lipinski definition) is 3.